The smallest absolute Gasteiger partial charge is 0.408 e. The second-order valence-electron chi connectivity index (χ2n) is 10.3. The second-order valence-corrected chi connectivity index (χ2v) is 10.7. The van der Waals surface area contributed by atoms with E-state index in [0.29, 0.717) is 23.7 Å². The molecule has 3 amide bonds. The number of hydrogen-bond donors (Lipinski definition) is 2. The molecule has 1 unspecified atom stereocenters. The van der Waals surface area contributed by atoms with Gasteiger partial charge in [0.15, 0.2) is 0 Å². The van der Waals surface area contributed by atoms with Gasteiger partial charge in [-0.25, -0.2) is 4.79 Å². The molecule has 2 aromatic rings. The van der Waals surface area contributed by atoms with Crippen molar-refractivity contribution in [1.29, 1.82) is 0 Å². The zero-order chi connectivity index (χ0) is 27.8. The largest absolute Gasteiger partial charge is 0.444 e. The number of carbonyl (C=O) groups excluding carboxylic acids is 3. The summed E-state index contributed by atoms with van der Waals surface area (Å²) >= 11 is 6.41. The normalized spacial score (nSPS) is 12.0. The quantitative estimate of drug-likeness (QED) is 0.344. The van der Waals surface area contributed by atoms with Crippen LogP contribution < -0.4 is 10.6 Å². The number of nitrogens with one attached hydrogen (secondary N) is 2. The van der Waals surface area contributed by atoms with Crippen LogP contribution in [0.1, 0.15) is 75.3 Å². The highest BCUT2D eigenvalue weighted by atomic mass is 35.5. The van der Waals surface area contributed by atoms with E-state index in [1.54, 1.807) is 31.7 Å². The first-order valence-electron chi connectivity index (χ1n) is 12.7. The van der Waals surface area contributed by atoms with E-state index in [-0.39, 0.29) is 18.4 Å². The molecule has 7 nitrogen and oxygen atoms in total. The standard InChI is InChI=1S/C29H40ClN3O4/c1-8-9-10-17-33(23(34)18-31-28(36)37-29(5,6)7)26(24-19(2)13-11-14-20(24)3)27(35)32-25-21(4)15-12-16-22(25)30/h11-16,26H,8-10,17-18H2,1-7H3,(H,31,36)(H,32,35). The van der Waals surface area contributed by atoms with Gasteiger partial charge in [0.05, 0.1) is 10.7 Å². The Hall–Kier alpha value is -3.06. The molecule has 0 bridgehead atoms. The first-order valence-corrected chi connectivity index (χ1v) is 13.1. The summed E-state index contributed by atoms with van der Waals surface area (Å²) < 4.78 is 5.29. The Morgan fingerprint density at radius 2 is 1.57 bits per heavy atom. The number of alkyl carbamates (subject to hydrolysis) is 1. The van der Waals surface area contributed by atoms with Crippen molar-refractivity contribution < 1.29 is 19.1 Å². The first-order chi connectivity index (χ1) is 17.4. The summed E-state index contributed by atoms with van der Waals surface area (Å²) in [5.41, 5.74) is 3.18. The lowest BCUT2D eigenvalue weighted by Crippen LogP contribution is -2.47. The Morgan fingerprint density at radius 3 is 2.14 bits per heavy atom. The number of unbranched alkanes of at least 4 members (excludes halogenated alkanes) is 2. The molecule has 0 saturated heterocycles. The van der Waals surface area contributed by atoms with Gasteiger partial charge in [0.25, 0.3) is 5.91 Å². The summed E-state index contributed by atoms with van der Waals surface area (Å²) in [6, 6.07) is 10.3. The SMILES string of the molecule is CCCCCN(C(=O)CNC(=O)OC(C)(C)C)C(C(=O)Nc1c(C)cccc1Cl)c1c(C)cccc1C. The van der Waals surface area contributed by atoms with Crippen molar-refractivity contribution in [1.82, 2.24) is 10.2 Å². The van der Waals surface area contributed by atoms with Gasteiger partial charge in [0.2, 0.25) is 5.91 Å². The minimum absolute atomic E-state index is 0.291. The molecule has 0 aliphatic heterocycles. The van der Waals surface area contributed by atoms with Gasteiger partial charge in [-0.3, -0.25) is 9.59 Å². The van der Waals surface area contributed by atoms with Crippen molar-refractivity contribution in [2.24, 2.45) is 0 Å². The van der Waals surface area contributed by atoms with E-state index in [4.69, 9.17) is 16.3 Å². The Morgan fingerprint density at radius 1 is 0.973 bits per heavy atom. The zero-order valence-corrected chi connectivity index (χ0v) is 23.8. The van der Waals surface area contributed by atoms with Gasteiger partial charge in [0, 0.05) is 6.54 Å². The van der Waals surface area contributed by atoms with Crippen LogP contribution in [-0.4, -0.2) is 41.5 Å². The number of aryl methyl sites for hydroxylation is 3. The number of rotatable bonds is 10. The van der Waals surface area contributed by atoms with Crippen LogP contribution in [0.3, 0.4) is 0 Å². The average molecular weight is 530 g/mol. The van der Waals surface area contributed by atoms with Gasteiger partial charge in [0.1, 0.15) is 18.2 Å². The molecule has 0 aromatic heterocycles. The van der Waals surface area contributed by atoms with Gasteiger partial charge in [-0.1, -0.05) is 61.7 Å². The summed E-state index contributed by atoms with van der Waals surface area (Å²) in [7, 11) is 0. The average Bonchev–Trinajstić information content (AvgIpc) is 2.79. The summed E-state index contributed by atoms with van der Waals surface area (Å²) in [6.45, 7) is 13.1. The fourth-order valence-electron chi connectivity index (χ4n) is 4.16. The predicted molar refractivity (Wildman–Crippen MR) is 149 cm³/mol. The van der Waals surface area contributed by atoms with Crippen molar-refractivity contribution in [2.45, 2.75) is 79.4 Å². The lowest BCUT2D eigenvalue weighted by Gasteiger charge is -2.33. The number of hydrogen-bond acceptors (Lipinski definition) is 4. The number of halogens is 1. The van der Waals surface area contributed by atoms with Gasteiger partial charge >= 0.3 is 6.09 Å². The van der Waals surface area contributed by atoms with Crippen LogP contribution in [0.15, 0.2) is 36.4 Å². The summed E-state index contributed by atoms with van der Waals surface area (Å²) in [5, 5.41) is 5.94. The molecule has 8 heteroatoms. The molecule has 0 heterocycles. The molecule has 0 aliphatic rings. The van der Waals surface area contributed by atoms with Crippen molar-refractivity contribution in [2.75, 3.05) is 18.4 Å². The molecule has 0 spiro atoms. The molecule has 2 aromatic carbocycles. The molecular formula is C29H40ClN3O4. The van der Waals surface area contributed by atoms with Crippen LogP contribution >= 0.6 is 11.6 Å². The maximum absolute atomic E-state index is 14.0. The molecule has 202 valence electrons. The molecular weight excluding hydrogens is 490 g/mol. The Balaban J connectivity index is 2.48. The van der Waals surface area contributed by atoms with Gasteiger partial charge in [-0.15, -0.1) is 0 Å². The first kappa shape index (κ1) is 30.2. The molecule has 0 aliphatic carbocycles. The lowest BCUT2D eigenvalue weighted by molar-refractivity contribution is -0.138. The molecule has 1 atom stereocenters. The van der Waals surface area contributed by atoms with E-state index in [1.165, 1.54) is 0 Å². The van der Waals surface area contributed by atoms with E-state index in [0.717, 1.165) is 35.1 Å². The highest BCUT2D eigenvalue weighted by Gasteiger charge is 2.34. The fourth-order valence-corrected chi connectivity index (χ4v) is 4.43. The lowest BCUT2D eigenvalue weighted by atomic mass is 9.93. The van der Waals surface area contributed by atoms with Crippen molar-refractivity contribution >= 4 is 35.2 Å². The fraction of sp³-hybridized carbons (Fsp3) is 0.483. The van der Waals surface area contributed by atoms with Crippen LogP contribution in [0.25, 0.3) is 0 Å². The summed E-state index contributed by atoms with van der Waals surface area (Å²) in [4.78, 5) is 41.3. The number of carbonyl (C=O) groups is 3. The van der Waals surface area contributed by atoms with Crippen LogP contribution in [0, 0.1) is 20.8 Å². The third-order valence-electron chi connectivity index (χ3n) is 5.95. The molecule has 0 radical (unpaired) electrons. The number of amides is 3. The molecule has 37 heavy (non-hydrogen) atoms. The number of ether oxygens (including phenoxy) is 1. The minimum atomic E-state index is -0.915. The number of anilines is 1. The van der Waals surface area contributed by atoms with Crippen LogP contribution in [-0.2, 0) is 14.3 Å². The predicted octanol–water partition coefficient (Wildman–Crippen LogP) is 6.49. The monoisotopic (exact) mass is 529 g/mol. The van der Waals surface area contributed by atoms with Gasteiger partial charge in [-0.2, -0.15) is 0 Å². The molecule has 2 rings (SSSR count). The van der Waals surface area contributed by atoms with Gasteiger partial charge in [-0.05, 0) is 76.3 Å². The molecule has 0 fully saturated rings. The number of benzene rings is 2. The van der Waals surface area contributed by atoms with Crippen LogP contribution in [0.4, 0.5) is 10.5 Å². The van der Waals surface area contributed by atoms with E-state index >= 15 is 0 Å². The van der Waals surface area contributed by atoms with E-state index in [1.807, 2.05) is 51.1 Å². The molecule has 0 saturated carbocycles. The van der Waals surface area contributed by atoms with Crippen LogP contribution in [0.5, 0.6) is 0 Å². The zero-order valence-electron chi connectivity index (χ0n) is 23.0. The van der Waals surface area contributed by atoms with Crippen molar-refractivity contribution in [3.8, 4) is 0 Å². The van der Waals surface area contributed by atoms with Crippen LogP contribution in [0.2, 0.25) is 5.02 Å². The van der Waals surface area contributed by atoms with Crippen molar-refractivity contribution in [3.63, 3.8) is 0 Å². The minimum Gasteiger partial charge on any atom is -0.444 e. The van der Waals surface area contributed by atoms with E-state index in [2.05, 4.69) is 17.6 Å². The van der Waals surface area contributed by atoms with E-state index < -0.39 is 17.7 Å². The van der Waals surface area contributed by atoms with Gasteiger partial charge < -0.3 is 20.3 Å². The second kappa shape index (κ2) is 13.5. The van der Waals surface area contributed by atoms with E-state index in [9.17, 15) is 14.4 Å². The highest BCUT2D eigenvalue weighted by molar-refractivity contribution is 6.34. The third-order valence-corrected chi connectivity index (χ3v) is 6.27. The topological polar surface area (TPSA) is 87.7 Å². The highest BCUT2D eigenvalue weighted by Crippen LogP contribution is 2.32. The summed E-state index contributed by atoms with van der Waals surface area (Å²) in [5.74, 6) is -0.739. The molecule has 2 N–H and O–H groups in total. The summed E-state index contributed by atoms with van der Waals surface area (Å²) in [6.07, 6.45) is 1.88. The Bertz CT molecular complexity index is 1070. The Kier molecular flexibility index (Phi) is 11.0. The maximum Gasteiger partial charge on any atom is 0.408 e. The maximum atomic E-state index is 14.0. The van der Waals surface area contributed by atoms with Crippen molar-refractivity contribution in [3.05, 3.63) is 63.7 Å². The number of para-hydroxylation sites is 1. The number of nitrogens with zero attached hydrogens (tertiary/aromatic N) is 1. The third kappa shape index (κ3) is 8.78. The Labute approximate surface area is 225 Å².